The number of carbonyl (C=O) groups is 1. The van der Waals surface area contributed by atoms with Gasteiger partial charge in [0.2, 0.25) is 0 Å². The molecule has 24 heavy (non-hydrogen) atoms. The molecule has 3 rings (SSSR count). The fourth-order valence-corrected chi connectivity index (χ4v) is 2.23. The number of carbonyl (C=O) groups excluding carboxylic acids is 1. The van der Waals surface area contributed by atoms with Gasteiger partial charge in [-0.05, 0) is 35.4 Å². The second kappa shape index (κ2) is 6.75. The zero-order chi connectivity index (χ0) is 16.9. The first kappa shape index (κ1) is 15.4. The van der Waals surface area contributed by atoms with Gasteiger partial charge in [-0.2, -0.15) is 0 Å². The summed E-state index contributed by atoms with van der Waals surface area (Å²) in [7, 11) is 0. The third kappa shape index (κ3) is 3.47. The van der Waals surface area contributed by atoms with E-state index in [0.29, 0.717) is 5.75 Å². The molecule has 0 bridgehead atoms. The van der Waals surface area contributed by atoms with Gasteiger partial charge in [-0.25, -0.2) is 4.79 Å². The number of non-ortho nitro benzene ring substituents is 1. The average molecular weight is 319 g/mol. The number of benzene rings is 3. The Morgan fingerprint density at radius 1 is 0.792 bits per heavy atom. The van der Waals surface area contributed by atoms with Crippen LogP contribution in [0.3, 0.4) is 0 Å². The van der Waals surface area contributed by atoms with Crippen molar-refractivity contribution >= 4 is 11.7 Å². The van der Waals surface area contributed by atoms with Crippen molar-refractivity contribution in [2.45, 2.75) is 0 Å². The van der Waals surface area contributed by atoms with Crippen LogP contribution in [0.4, 0.5) is 5.69 Å². The Morgan fingerprint density at radius 2 is 1.38 bits per heavy atom. The van der Waals surface area contributed by atoms with E-state index < -0.39 is 10.9 Å². The van der Waals surface area contributed by atoms with Gasteiger partial charge < -0.3 is 4.74 Å². The number of hydrogen-bond acceptors (Lipinski definition) is 4. The Bertz CT molecular complexity index is 856. The number of nitrogens with zero attached hydrogens (tertiary/aromatic N) is 1. The molecule has 0 aliphatic rings. The van der Waals surface area contributed by atoms with E-state index in [-0.39, 0.29) is 11.3 Å². The van der Waals surface area contributed by atoms with Crippen molar-refractivity contribution in [3.63, 3.8) is 0 Å². The number of nitro benzene ring substituents is 1. The lowest BCUT2D eigenvalue weighted by Gasteiger charge is -2.06. The zero-order valence-electron chi connectivity index (χ0n) is 12.6. The maximum Gasteiger partial charge on any atom is 0.343 e. The minimum atomic E-state index is -0.558. The maximum atomic E-state index is 12.1. The number of rotatable bonds is 4. The summed E-state index contributed by atoms with van der Waals surface area (Å²) in [6.07, 6.45) is 0. The lowest BCUT2D eigenvalue weighted by molar-refractivity contribution is -0.384. The van der Waals surface area contributed by atoms with E-state index in [1.54, 1.807) is 12.1 Å². The highest BCUT2D eigenvalue weighted by molar-refractivity contribution is 5.91. The first-order chi connectivity index (χ1) is 11.6. The predicted octanol–water partition coefficient (Wildman–Crippen LogP) is 4.48. The van der Waals surface area contributed by atoms with E-state index in [4.69, 9.17) is 4.74 Å². The number of nitro groups is 1. The van der Waals surface area contributed by atoms with Gasteiger partial charge in [0.25, 0.3) is 5.69 Å². The van der Waals surface area contributed by atoms with E-state index in [0.717, 1.165) is 11.1 Å². The molecule has 0 aromatic heterocycles. The van der Waals surface area contributed by atoms with Crippen molar-refractivity contribution in [1.29, 1.82) is 0 Å². The van der Waals surface area contributed by atoms with Crippen LogP contribution in [-0.2, 0) is 0 Å². The van der Waals surface area contributed by atoms with E-state index in [1.807, 2.05) is 42.5 Å². The topological polar surface area (TPSA) is 69.4 Å². The summed E-state index contributed by atoms with van der Waals surface area (Å²) in [5, 5.41) is 10.6. The van der Waals surface area contributed by atoms with Crippen molar-refractivity contribution in [1.82, 2.24) is 0 Å². The van der Waals surface area contributed by atoms with Crippen LogP contribution >= 0.6 is 0 Å². The molecular formula is C19H13NO4. The van der Waals surface area contributed by atoms with E-state index in [2.05, 4.69) is 0 Å². The molecule has 0 saturated carbocycles. The largest absolute Gasteiger partial charge is 0.423 e. The number of hydrogen-bond donors (Lipinski definition) is 0. The molecule has 0 saturated heterocycles. The van der Waals surface area contributed by atoms with Gasteiger partial charge in [-0.1, -0.05) is 42.5 Å². The summed E-state index contributed by atoms with van der Waals surface area (Å²) in [6.45, 7) is 0. The molecule has 3 aromatic carbocycles. The Labute approximate surface area is 138 Å². The molecule has 3 aromatic rings. The summed E-state index contributed by atoms with van der Waals surface area (Å²) in [6, 6.07) is 22.3. The Hall–Kier alpha value is -3.47. The molecule has 5 nitrogen and oxygen atoms in total. The van der Waals surface area contributed by atoms with Crippen molar-refractivity contribution in [3.05, 3.63) is 94.5 Å². The predicted molar refractivity (Wildman–Crippen MR) is 89.9 cm³/mol. The van der Waals surface area contributed by atoms with Crippen LogP contribution in [0.15, 0.2) is 78.9 Å². The summed E-state index contributed by atoms with van der Waals surface area (Å²) in [5.74, 6) is -0.143. The molecule has 118 valence electrons. The van der Waals surface area contributed by atoms with E-state index >= 15 is 0 Å². The molecule has 0 heterocycles. The Balaban J connectivity index is 1.71. The fourth-order valence-electron chi connectivity index (χ4n) is 2.23. The summed E-state index contributed by atoms with van der Waals surface area (Å²) >= 11 is 0. The van der Waals surface area contributed by atoms with Gasteiger partial charge >= 0.3 is 5.97 Å². The second-order valence-electron chi connectivity index (χ2n) is 5.08. The van der Waals surface area contributed by atoms with Crippen LogP contribution < -0.4 is 4.74 Å². The van der Waals surface area contributed by atoms with E-state index in [1.165, 1.54) is 24.3 Å². The van der Waals surface area contributed by atoms with Crippen molar-refractivity contribution < 1.29 is 14.5 Å². The quantitative estimate of drug-likeness (QED) is 0.308. The molecule has 0 N–H and O–H groups in total. The molecule has 0 aliphatic carbocycles. The van der Waals surface area contributed by atoms with Gasteiger partial charge in [0.1, 0.15) is 5.75 Å². The first-order valence-electron chi connectivity index (χ1n) is 7.25. The lowest BCUT2D eigenvalue weighted by atomic mass is 10.1. The fraction of sp³-hybridized carbons (Fsp3) is 0. The SMILES string of the molecule is O=C(Oc1ccc(-c2ccccc2)cc1)c1ccc([N+](=O)[O-])cc1. The normalized spacial score (nSPS) is 10.2. The highest BCUT2D eigenvalue weighted by Crippen LogP contribution is 2.23. The second-order valence-corrected chi connectivity index (χ2v) is 5.08. The van der Waals surface area contributed by atoms with Crippen molar-refractivity contribution in [2.24, 2.45) is 0 Å². The molecule has 0 aliphatic heterocycles. The summed E-state index contributed by atoms with van der Waals surface area (Å²) in [5.41, 5.74) is 2.28. The summed E-state index contributed by atoms with van der Waals surface area (Å²) < 4.78 is 5.28. The molecule has 0 unspecified atom stereocenters. The third-order valence-electron chi connectivity index (χ3n) is 3.49. The molecule has 0 atom stereocenters. The Kier molecular flexibility index (Phi) is 4.34. The standard InChI is InChI=1S/C19H13NO4/c21-19(16-6-10-17(11-7-16)20(22)23)24-18-12-8-15(9-13-18)14-4-2-1-3-5-14/h1-13H. The third-order valence-corrected chi connectivity index (χ3v) is 3.49. The monoisotopic (exact) mass is 319 g/mol. The molecule has 0 amide bonds. The molecule has 5 heteroatoms. The smallest absolute Gasteiger partial charge is 0.343 e. The molecule has 0 spiro atoms. The van der Waals surface area contributed by atoms with Gasteiger partial charge in [-0.3, -0.25) is 10.1 Å². The molecule has 0 fully saturated rings. The highest BCUT2D eigenvalue weighted by Gasteiger charge is 2.11. The minimum Gasteiger partial charge on any atom is -0.423 e. The van der Waals surface area contributed by atoms with Gasteiger partial charge in [0, 0.05) is 12.1 Å². The van der Waals surface area contributed by atoms with E-state index in [9.17, 15) is 14.9 Å². The van der Waals surface area contributed by atoms with Crippen molar-refractivity contribution in [3.8, 4) is 16.9 Å². The average Bonchev–Trinajstić information content (AvgIpc) is 2.63. The Morgan fingerprint density at radius 3 is 1.96 bits per heavy atom. The number of ether oxygens (including phenoxy) is 1. The van der Waals surface area contributed by atoms with Crippen LogP contribution in [-0.4, -0.2) is 10.9 Å². The van der Waals surface area contributed by atoms with Crippen LogP contribution in [0.1, 0.15) is 10.4 Å². The molecule has 0 radical (unpaired) electrons. The van der Waals surface area contributed by atoms with Gasteiger partial charge in [0.05, 0.1) is 10.5 Å². The van der Waals surface area contributed by atoms with Crippen molar-refractivity contribution in [2.75, 3.05) is 0 Å². The first-order valence-corrected chi connectivity index (χ1v) is 7.25. The molecular weight excluding hydrogens is 306 g/mol. The van der Waals surface area contributed by atoms with Gasteiger partial charge in [-0.15, -0.1) is 0 Å². The maximum absolute atomic E-state index is 12.1. The van der Waals surface area contributed by atoms with Crippen LogP contribution in [0, 0.1) is 10.1 Å². The summed E-state index contributed by atoms with van der Waals surface area (Å²) in [4.78, 5) is 22.2. The minimum absolute atomic E-state index is 0.0706. The van der Waals surface area contributed by atoms with Crippen LogP contribution in [0.2, 0.25) is 0 Å². The lowest BCUT2D eigenvalue weighted by Crippen LogP contribution is -2.08. The van der Waals surface area contributed by atoms with Gasteiger partial charge in [0.15, 0.2) is 0 Å². The van der Waals surface area contributed by atoms with Crippen LogP contribution in [0.25, 0.3) is 11.1 Å². The zero-order valence-corrected chi connectivity index (χ0v) is 12.6. The number of esters is 1. The van der Waals surface area contributed by atoms with Crippen LogP contribution in [0.5, 0.6) is 5.75 Å². The highest BCUT2D eigenvalue weighted by atomic mass is 16.6.